The predicted octanol–water partition coefficient (Wildman–Crippen LogP) is 4.26. The largest absolute Gasteiger partial charge is 0.325 e. The number of hydrogen-bond donors (Lipinski definition) is 0. The molecule has 102 valence electrons. The Labute approximate surface area is 124 Å². The van der Waals surface area contributed by atoms with Crippen molar-refractivity contribution in [3.8, 4) is 6.07 Å². The fourth-order valence-corrected chi connectivity index (χ4v) is 2.58. The van der Waals surface area contributed by atoms with E-state index in [0.29, 0.717) is 11.4 Å². The average molecular weight is 273 g/mol. The van der Waals surface area contributed by atoms with Crippen LogP contribution in [0.4, 0.5) is 11.5 Å². The number of rotatable bonds is 3. The third-order valence-corrected chi connectivity index (χ3v) is 3.54. The van der Waals surface area contributed by atoms with E-state index in [-0.39, 0.29) is 0 Å². The van der Waals surface area contributed by atoms with Crippen LogP contribution in [0.15, 0.2) is 60.8 Å². The molecule has 21 heavy (non-hydrogen) atoms. The molecule has 0 fully saturated rings. The Hall–Kier alpha value is -2.86. The van der Waals surface area contributed by atoms with E-state index in [1.54, 1.807) is 18.3 Å². The molecule has 3 nitrogen and oxygen atoms in total. The fourth-order valence-electron chi connectivity index (χ4n) is 2.58. The molecule has 0 unspecified atom stereocenters. The maximum Gasteiger partial charge on any atom is 0.150 e. The number of fused-ring (bicyclic) bond motifs is 1. The van der Waals surface area contributed by atoms with Crippen molar-refractivity contribution in [2.75, 3.05) is 11.4 Å². The van der Waals surface area contributed by atoms with E-state index < -0.39 is 0 Å². The van der Waals surface area contributed by atoms with Crippen molar-refractivity contribution >= 4 is 22.3 Å². The average Bonchev–Trinajstić information content (AvgIpc) is 2.56. The van der Waals surface area contributed by atoms with Crippen molar-refractivity contribution in [3.05, 3.63) is 66.4 Å². The van der Waals surface area contributed by atoms with Crippen molar-refractivity contribution in [2.45, 2.75) is 6.92 Å². The van der Waals surface area contributed by atoms with E-state index in [9.17, 15) is 5.26 Å². The highest BCUT2D eigenvalue weighted by atomic mass is 15.2. The summed E-state index contributed by atoms with van der Waals surface area (Å²) in [5, 5.41) is 11.7. The van der Waals surface area contributed by atoms with E-state index >= 15 is 0 Å². The summed E-state index contributed by atoms with van der Waals surface area (Å²) in [5.41, 5.74) is 1.66. The zero-order valence-corrected chi connectivity index (χ0v) is 11.8. The fraction of sp³-hybridized carbons (Fsp3) is 0.111. The van der Waals surface area contributed by atoms with Crippen LogP contribution in [0, 0.1) is 11.3 Å². The number of hydrogen-bond acceptors (Lipinski definition) is 3. The molecule has 0 N–H and O–H groups in total. The SMILES string of the molecule is CCN(c1ncccc1C#N)c1cccc2ccccc12. The van der Waals surface area contributed by atoms with Gasteiger partial charge in [-0.05, 0) is 30.5 Å². The van der Waals surface area contributed by atoms with E-state index in [4.69, 9.17) is 0 Å². The first-order chi connectivity index (χ1) is 10.3. The van der Waals surface area contributed by atoms with Gasteiger partial charge in [0.1, 0.15) is 6.07 Å². The molecule has 2 aromatic carbocycles. The quantitative estimate of drug-likeness (QED) is 0.715. The van der Waals surface area contributed by atoms with Crippen LogP contribution in [0.25, 0.3) is 10.8 Å². The van der Waals surface area contributed by atoms with Gasteiger partial charge in [0.05, 0.1) is 11.3 Å². The monoisotopic (exact) mass is 273 g/mol. The van der Waals surface area contributed by atoms with Crippen LogP contribution in [0.5, 0.6) is 0 Å². The summed E-state index contributed by atoms with van der Waals surface area (Å²) in [7, 11) is 0. The highest BCUT2D eigenvalue weighted by molar-refractivity contribution is 5.96. The Balaban J connectivity index is 2.22. The molecule has 0 aliphatic carbocycles. The molecule has 0 atom stereocenters. The van der Waals surface area contributed by atoms with Gasteiger partial charge < -0.3 is 4.90 Å². The third-order valence-electron chi connectivity index (χ3n) is 3.54. The lowest BCUT2D eigenvalue weighted by atomic mass is 10.1. The van der Waals surface area contributed by atoms with Gasteiger partial charge >= 0.3 is 0 Å². The third kappa shape index (κ3) is 2.32. The highest BCUT2D eigenvalue weighted by Gasteiger charge is 2.14. The molecule has 0 aliphatic rings. The molecule has 3 heteroatoms. The normalized spacial score (nSPS) is 10.3. The number of nitrogens with zero attached hydrogens (tertiary/aromatic N) is 3. The molecule has 1 aromatic heterocycles. The van der Waals surface area contributed by atoms with Crippen LogP contribution in [-0.4, -0.2) is 11.5 Å². The Morgan fingerprint density at radius 1 is 1.05 bits per heavy atom. The van der Waals surface area contributed by atoms with E-state index in [1.807, 2.05) is 18.2 Å². The summed E-state index contributed by atoms with van der Waals surface area (Å²) in [6, 6.07) is 20.3. The van der Waals surface area contributed by atoms with Gasteiger partial charge in [-0.15, -0.1) is 0 Å². The summed E-state index contributed by atoms with van der Waals surface area (Å²) in [6.07, 6.45) is 1.73. The molecule has 0 saturated carbocycles. The summed E-state index contributed by atoms with van der Waals surface area (Å²) in [6.45, 7) is 2.82. The second-order valence-corrected chi connectivity index (χ2v) is 4.73. The standard InChI is InChI=1S/C18H15N3/c1-2-21(18-15(13-19)9-6-12-20-18)17-11-5-8-14-7-3-4-10-16(14)17/h3-12H,2H2,1H3. The highest BCUT2D eigenvalue weighted by Crippen LogP contribution is 2.32. The Morgan fingerprint density at radius 2 is 1.86 bits per heavy atom. The first-order valence-corrected chi connectivity index (χ1v) is 6.95. The lowest BCUT2D eigenvalue weighted by Crippen LogP contribution is -2.18. The minimum absolute atomic E-state index is 0.590. The number of pyridine rings is 1. The van der Waals surface area contributed by atoms with Gasteiger partial charge in [-0.2, -0.15) is 5.26 Å². The predicted molar refractivity (Wildman–Crippen MR) is 85.6 cm³/mol. The molecule has 0 spiro atoms. The van der Waals surface area contributed by atoms with Gasteiger partial charge in [-0.25, -0.2) is 4.98 Å². The van der Waals surface area contributed by atoms with E-state index in [0.717, 1.165) is 17.6 Å². The van der Waals surface area contributed by atoms with E-state index in [2.05, 4.69) is 47.1 Å². The van der Waals surface area contributed by atoms with Gasteiger partial charge in [-0.3, -0.25) is 0 Å². The molecular formula is C18H15N3. The second kappa shape index (κ2) is 5.64. The van der Waals surface area contributed by atoms with Gasteiger partial charge in [-0.1, -0.05) is 36.4 Å². The van der Waals surface area contributed by atoms with Crippen molar-refractivity contribution in [2.24, 2.45) is 0 Å². The van der Waals surface area contributed by atoms with Gasteiger partial charge in [0, 0.05) is 18.1 Å². The smallest absolute Gasteiger partial charge is 0.150 e. The molecule has 0 aliphatic heterocycles. The summed E-state index contributed by atoms with van der Waals surface area (Å²) in [4.78, 5) is 6.49. The van der Waals surface area contributed by atoms with Crippen LogP contribution < -0.4 is 4.90 Å². The molecule has 0 amide bonds. The number of nitriles is 1. The Morgan fingerprint density at radius 3 is 2.67 bits per heavy atom. The maximum atomic E-state index is 9.31. The Bertz CT molecular complexity index is 813. The molecular weight excluding hydrogens is 258 g/mol. The van der Waals surface area contributed by atoms with Crippen molar-refractivity contribution < 1.29 is 0 Å². The van der Waals surface area contributed by atoms with Crippen LogP contribution in [0.3, 0.4) is 0 Å². The number of aromatic nitrogens is 1. The van der Waals surface area contributed by atoms with Gasteiger partial charge in [0.2, 0.25) is 0 Å². The topological polar surface area (TPSA) is 39.9 Å². The lowest BCUT2D eigenvalue weighted by Gasteiger charge is -2.24. The minimum atomic E-state index is 0.590. The Kier molecular flexibility index (Phi) is 3.53. The molecule has 0 radical (unpaired) electrons. The summed E-state index contributed by atoms with van der Waals surface area (Å²) >= 11 is 0. The van der Waals surface area contributed by atoms with Crippen molar-refractivity contribution in [1.29, 1.82) is 5.26 Å². The first kappa shape index (κ1) is 13.1. The lowest BCUT2D eigenvalue weighted by molar-refractivity contribution is 0.991. The molecule has 0 saturated heterocycles. The molecule has 1 heterocycles. The van der Waals surface area contributed by atoms with Crippen LogP contribution in [-0.2, 0) is 0 Å². The summed E-state index contributed by atoms with van der Waals surface area (Å²) in [5.74, 6) is 0.707. The molecule has 3 rings (SSSR count). The van der Waals surface area contributed by atoms with Gasteiger partial charge in [0.25, 0.3) is 0 Å². The maximum absolute atomic E-state index is 9.31. The first-order valence-electron chi connectivity index (χ1n) is 6.95. The van der Waals surface area contributed by atoms with E-state index in [1.165, 1.54) is 5.39 Å². The van der Waals surface area contributed by atoms with Crippen LogP contribution in [0.2, 0.25) is 0 Å². The zero-order chi connectivity index (χ0) is 14.7. The van der Waals surface area contributed by atoms with Crippen molar-refractivity contribution in [1.82, 2.24) is 4.98 Å². The minimum Gasteiger partial charge on any atom is -0.325 e. The number of anilines is 2. The van der Waals surface area contributed by atoms with Gasteiger partial charge in [0.15, 0.2) is 5.82 Å². The van der Waals surface area contributed by atoms with Crippen LogP contribution >= 0.6 is 0 Å². The molecule has 0 bridgehead atoms. The number of benzene rings is 2. The second-order valence-electron chi connectivity index (χ2n) is 4.73. The molecule has 3 aromatic rings. The van der Waals surface area contributed by atoms with Crippen LogP contribution in [0.1, 0.15) is 12.5 Å². The van der Waals surface area contributed by atoms with Crippen molar-refractivity contribution in [3.63, 3.8) is 0 Å². The zero-order valence-electron chi connectivity index (χ0n) is 11.8. The summed E-state index contributed by atoms with van der Waals surface area (Å²) < 4.78 is 0.